The van der Waals surface area contributed by atoms with Crippen LogP contribution < -0.4 is 9.64 Å². The first-order valence-electron chi connectivity index (χ1n) is 9.61. The van der Waals surface area contributed by atoms with Crippen LogP contribution >= 0.6 is 11.8 Å². The number of amides is 1. The number of nitrogens with zero attached hydrogens (tertiary/aromatic N) is 4. The van der Waals surface area contributed by atoms with Gasteiger partial charge in [0.15, 0.2) is 11.0 Å². The van der Waals surface area contributed by atoms with Gasteiger partial charge >= 0.3 is 0 Å². The van der Waals surface area contributed by atoms with Crippen LogP contribution in [0.5, 0.6) is 5.75 Å². The van der Waals surface area contributed by atoms with E-state index in [-0.39, 0.29) is 17.2 Å². The van der Waals surface area contributed by atoms with Gasteiger partial charge in [-0.2, -0.15) is 0 Å². The number of benzene rings is 2. The van der Waals surface area contributed by atoms with Gasteiger partial charge in [-0.05, 0) is 56.2 Å². The summed E-state index contributed by atoms with van der Waals surface area (Å²) in [5, 5.41) is 9.10. The van der Waals surface area contributed by atoms with E-state index < -0.39 is 0 Å². The number of para-hydroxylation sites is 1. The van der Waals surface area contributed by atoms with Gasteiger partial charge in [-0.15, -0.1) is 10.2 Å². The molecule has 0 radical (unpaired) electrons. The fraction of sp³-hybridized carbons (Fsp3) is 0.318. The van der Waals surface area contributed by atoms with Gasteiger partial charge in [0.1, 0.15) is 5.75 Å². The standard InChI is InChI=1S/C22H24N4O2S/c1-14-13-17-7-5-6-8-19(17)26(14)21(27)15(2)29-22-24-23-20(25(22)3)16-9-11-18(28-4)12-10-16/h5-12,14-15H,13H2,1-4H3/t14-,15-/m0/s1. The van der Waals surface area contributed by atoms with E-state index in [9.17, 15) is 4.79 Å². The molecule has 1 aliphatic heterocycles. The normalized spacial score (nSPS) is 16.6. The van der Waals surface area contributed by atoms with Crippen molar-refractivity contribution in [2.45, 2.75) is 36.7 Å². The Morgan fingerprint density at radius 2 is 1.90 bits per heavy atom. The number of thioether (sulfide) groups is 1. The molecule has 29 heavy (non-hydrogen) atoms. The molecule has 2 atom stereocenters. The minimum atomic E-state index is -0.268. The second-order valence-electron chi connectivity index (χ2n) is 7.24. The van der Waals surface area contributed by atoms with E-state index in [1.54, 1.807) is 7.11 Å². The smallest absolute Gasteiger partial charge is 0.240 e. The van der Waals surface area contributed by atoms with Crippen molar-refractivity contribution >= 4 is 23.4 Å². The van der Waals surface area contributed by atoms with Gasteiger partial charge in [-0.3, -0.25) is 4.79 Å². The number of hydrogen-bond acceptors (Lipinski definition) is 5. The first-order valence-corrected chi connectivity index (χ1v) is 10.5. The lowest BCUT2D eigenvalue weighted by Gasteiger charge is -2.25. The van der Waals surface area contributed by atoms with E-state index in [0.717, 1.165) is 34.4 Å². The van der Waals surface area contributed by atoms with Gasteiger partial charge < -0.3 is 14.2 Å². The van der Waals surface area contributed by atoms with Crippen LogP contribution in [0, 0.1) is 0 Å². The van der Waals surface area contributed by atoms with E-state index in [4.69, 9.17) is 4.74 Å². The maximum Gasteiger partial charge on any atom is 0.240 e. The van der Waals surface area contributed by atoms with E-state index in [1.165, 1.54) is 17.3 Å². The summed E-state index contributed by atoms with van der Waals surface area (Å²) in [5.74, 6) is 1.65. The maximum atomic E-state index is 13.2. The Morgan fingerprint density at radius 1 is 1.17 bits per heavy atom. The molecule has 3 aromatic rings. The lowest BCUT2D eigenvalue weighted by Crippen LogP contribution is -2.40. The number of carbonyl (C=O) groups excluding carboxylic acids is 1. The summed E-state index contributed by atoms with van der Waals surface area (Å²) in [5.41, 5.74) is 3.20. The molecular weight excluding hydrogens is 384 g/mol. The van der Waals surface area contributed by atoms with E-state index in [1.807, 2.05) is 65.9 Å². The van der Waals surface area contributed by atoms with Crippen molar-refractivity contribution in [2.75, 3.05) is 12.0 Å². The molecule has 0 aliphatic carbocycles. The predicted molar refractivity (Wildman–Crippen MR) is 115 cm³/mol. The summed E-state index contributed by atoms with van der Waals surface area (Å²) >= 11 is 1.44. The molecule has 0 saturated carbocycles. The fourth-order valence-electron chi connectivity index (χ4n) is 3.71. The molecule has 1 amide bonds. The highest BCUT2D eigenvalue weighted by Gasteiger charge is 2.34. The Hall–Kier alpha value is -2.80. The molecule has 0 spiro atoms. The number of methoxy groups -OCH3 is 1. The summed E-state index contributed by atoms with van der Waals surface area (Å²) in [6.45, 7) is 4.03. The zero-order valence-corrected chi connectivity index (χ0v) is 17.8. The van der Waals surface area contributed by atoms with Crippen LogP contribution in [0.4, 0.5) is 5.69 Å². The minimum Gasteiger partial charge on any atom is -0.497 e. The number of fused-ring (bicyclic) bond motifs is 1. The van der Waals surface area contributed by atoms with E-state index in [0.29, 0.717) is 0 Å². The minimum absolute atomic E-state index is 0.0986. The van der Waals surface area contributed by atoms with Crippen molar-refractivity contribution in [3.05, 3.63) is 54.1 Å². The van der Waals surface area contributed by atoms with Gasteiger partial charge in [0, 0.05) is 24.3 Å². The second-order valence-corrected chi connectivity index (χ2v) is 8.55. The molecule has 2 heterocycles. The monoisotopic (exact) mass is 408 g/mol. The maximum absolute atomic E-state index is 13.2. The van der Waals surface area contributed by atoms with Gasteiger partial charge in [-0.25, -0.2) is 0 Å². The molecule has 0 saturated heterocycles. The molecule has 150 valence electrons. The highest BCUT2D eigenvalue weighted by molar-refractivity contribution is 8.00. The van der Waals surface area contributed by atoms with Crippen LogP contribution in [0.15, 0.2) is 53.7 Å². The molecular formula is C22H24N4O2S. The van der Waals surface area contributed by atoms with Crippen LogP contribution in [0.25, 0.3) is 11.4 Å². The Morgan fingerprint density at radius 3 is 2.62 bits per heavy atom. The van der Waals surface area contributed by atoms with Crippen LogP contribution in [0.2, 0.25) is 0 Å². The molecule has 4 rings (SSSR count). The van der Waals surface area contributed by atoms with Crippen molar-refractivity contribution in [1.82, 2.24) is 14.8 Å². The van der Waals surface area contributed by atoms with Crippen molar-refractivity contribution in [3.63, 3.8) is 0 Å². The number of carbonyl (C=O) groups is 1. The quantitative estimate of drug-likeness (QED) is 0.598. The molecule has 0 bridgehead atoms. The largest absolute Gasteiger partial charge is 0.497 e. The number of ether oxygens (including phenoxy) is 1. The first kappa shape index (κ1) is 19.5. The average Bonchev–Trinajstić information content (AvgIpc) is 3.26. The number of rotatable bonds is 5. The Balaban J connectivity index is 1.52. The van der Waals surface area contributed by atoms with Crippen molar-refractivity contribution in [2.24, 2.45) is 7.05 Å². The second kappa shape index (κ2) is 7.91. The number of hydrogen-bond donors (Lipinski definition) is 0. The zero-order chi connectivity index (χ0) is 20.5. The molecule has 1 aliphatic rings. The Kier molecular flexibility index (Phi) is 5.32. The summed E-state index contributed by atoms with van der Waals surface area (Å²) in [4.78, 5) is 15.1. The number of aromatic nitrogens is 3. The third-order valence-electron chi connectivity index (χ3n) is 5.26. The van der Waals surface area contributed by atoms with Gasteiger partial charge in [-0.1, -0.05) is 30.0 Å². The molecule has 0 fully saturated rings. The van der Waals surface area contributed by atoms with Crippen LogP contribution in [-0.2, 0) is 18.3 Å². The Labute approximate surface area is 174 Å². The summed E-state index contributed by atoms with van der Waals surface area (Å²) in [6.07, 6.45) is 0.894. The fourth-order valence-corrected chi connectivity index (χ4v) is 4.58. The molecule has 0 N–H and O–H groups in total. The lowest BCUT2D eigenvalue weighted by atomic mass is 10.1. The lowest BCUT2D eigenvalue weighted by molar-refractivity contribution is -0.118. The van der Waals surface area contributed by atoms with Crippen LogP contribution in [-0.4, -0.2) is 39.1 Å². The number of anilines is 1. The third kappa shape index (κ3) is 3.62. The van der Waals surface area contributed by atoms with Crippen LogP contribution in [0.3, 0.4) is 0 Å². The van der Waals surface area contributed by atoms with Crippen molar-refractivity contribution < 1.29 is 9.53 Å². The highest BCUT2D eigenvalue weighted by Crippen LogP contribution is 2.35. The predicted octanol–water partition coefficient (Wildman–Crippen LogP) is 3.95. The molecule has 2 aromatic carbocycles. The molecule has 6 nitrogen and oxygen atoms in total. The third-order valence-corrected chi connectivity index (χ3v) is 6.38. The molecule has 1 aromatic heterocycles. The zero-order valence-electron chi connectivity index (χ0n) is 17.0. The van der Waals surface area contributed by atoms with E-state index >= 15 is 0 Å². The summed E-state index contributed by atoms with van der Waals surface area (Å²) in [7, 11) is 3.57. The highest BCUT2D eigenvalue weighted by atomic mass is 32.2. The van der Waals surface area contributed by atoms with Gasteiger partial charge in [0.05, 0.1) is 12.4 Å². The SMILES string of the molecule is COc1ccc(-c2nnc(S[C@@H](C)C(=O)N3c4ccccc4C[C@@H]3C)n2C)cc1. The first-order chi connectivity index (χ1) is 14.0. The average molecular weight is 409 g/mol. The molecule has 7 heteroatoms. The van der Waals surface area contributed by atoms with E-state index in [2.05, 4.69) is 23.2 Å². The topological polar surface area (TPSA) is 60.3 Å². The summed E-state index contributed by atoms with van der Waals surface area (Å²) < 4.78 is 7.14. The van der Waals surface area contributed by atoms with Gasteiger partial charge in [0.2, 0.25) is 5.91 Å². The Bertz CT molecular complexity index is 1030. The molecule has 0 unspecified atom stereocenters. The summed E-state index contributed by atoms with van der Waals surface area (Å²) in [6, 6.07) is 16.0. The van der Waals surface area contributed by atoms with Crippen molar-refractivity contribution in [1.29, 1.82) is 0 Å². The van der Waals surface area contributed by atoms with Gasteiger partial charge in [0.25, 0.3) is 0 Å². The van der Waals surface area contributed by atoms with Crippen LogP contribution in [0.1, 0.15) is 19.4 Å². The van der Waals surface area contributed by atoms with Crippen molar-refractivity contribution in [3.8, 4) is 17.1 Å².